The van der Waals surface area contributed by atoms with Gasteiger partial charge in [-0.05, 0) is 34.8 Å². The normalized spacial score (nSPS) is 17.4. The molecule has 0 saturated heterocycles. The molecule has 1 aliphatic carbocycles. The third-order valence-corrected chi connectivity index (χ3v) is 3.67. The molecule has 0 bridgehead atoms. The molecule has 0 amide bonds. The molecule has 0 radical (unpaired) electrons. The van der Waals surface area contributed by atoms with Crippen LogP contribution < -0.4 is 0 Å². The van der Waals surface area contributed by atoms with E-state index in [1.54, 1.807) is 0 Å². The predicted molar refractivity (Wildman–Crippen MR) is 78.4 cm³/mol. The van der Waals surface area contributed by atoms with E-state index in [-0.39, 0.29) is 0 Å². The van der Waals surface area contributed by atoms with Gasteiger partial charge in [0.05, 0.1) is 0 Å². The molecule has 0 aromatic rings. The van der Waals surface area contributed by atoms with Crippen molar-refractivity contribution >= 4 is 5.78 Å². The minimum Gasteiger partial charge on any atom is -0.289 e. The minimum atomic E-state index is 0.312. The zero-order chi connectivity index (χ0) is 14.2. The summed E-state index contributed by atoms with van der Waals surface area (Å²) in [5, 5.41) is 0. The second-order valence-corrected chi connectivity index (χ2v) is 6.60. The van der Waals surface area contributed by atoms with Crippen molar-refractivity contribution in [2.24, 2.45) is 23.7 Å². The number of ketones is 1. The third-order valence-electron chi connectivity index (χ3n) is 3.67. The van der Waals surface area contributed by atoms with Gasteiger partial charge in [0.2, 0.25) is 0 Å². The first-order chi connectivity index (χ1) is 8.20. The van der Waals surface area contributed by atoms with Gasteiger partial charge in [-0.25, -0.2) is 0 Å². The van der Waals surface area contributed by atoms with Crippen molar-refractivity contribution in [3.05, 3.63) is 22.3 Å². The number of hydrogen-bond donors (Lipinski definition) is 0. The second-order valence-electron chi connectivity index (χ2n) is 6.60. The molecule has 0 aromatic heterocycles. The Morgan fingerprint density at radius 1 is 0.500 bits per heavy atom. The Kier molecular flexibility index (Phi) is 4.58. The molecule has 1 heteroatoms. The van der Waals surface area contributed by atoms with Gasteiger partial charge < -0.3 is 0 Å². The molecule has 0 aliphatic heterocycles. The van der Waals surface area contributed by atoms with E-state index in [0.717, 1.165) is 11.1 Å². The Bertz CT molecular complexity index is 365. The highest BCUT2D eigenvalue weighted by molar-refractivity contribution is 6.14. The van der Waals surface area contributed by atoms with E-state index in [1.807, 2.05) is 0 Å². The van der Waals surface area contributed by atoms with Gasteiger partial charge in [0.1, 0.15) is 0 Å². The summed E-state index contributed by atoms with van der Waals surface area (Å²) in [6.45, 7) is 17.4. The summed E-state index contributed by atoms with van der Waals surface area (Å²) in [4.78, 5) is 12.7. The molecular weight excluding hydrogens is 220 g/mol. The standard InChI is InChI=1S/C17H28O/c1-9(2)13-14(10(3)4)16(12(7)8)17(18)15(13)11(5)6/h9-12H,1-8H3. The summed E-state index contributed by atoms with van der Waals surface area (Å²) in [7, 11) is 0. The zero-order valence-corrected chi connectivity index (χ0v) is 13.2. The Labute approximate surface area is 112 Å². The molecule has 0 aromatic carbocycles. The fraction of sp³-hybridized carbons (Fsp3) is 0.706. The maximum atomic E-state index is 12.7. The Balaban J connectivity index is 3.52. The molecule has 102 valence electrons. The van der Waals surface area contributed by atoms with E-state index in [9.17, 15) is 4.79 Å². The lowest BCUT2D eigenvalue weighted by Crippen LogP contribution is -2.12. The number of rotatable bonds is 4. The summed E-state index contributed by atoms with van der Waals surface area (Å²) >= 11 is 0. The van der Waals surface area contributed by atoms with Crippen molar-refractivity contribution in [2.75, 3.05) is 0 Å². The second kappa shape index (κ2) is 5.42. The summed E-state index contributed by atoms with van der Waals surface area (Å²) in [5.41, 5.74) is 4.79. The molecule has 0 heterocycles. The van der Waals surface area contributed by atoms with E-state index in [1.165, 1.54) is 11.1 Å². The predicted octanol–water partition coefficient (Wildman–Crippen LogP) is 4.79. The van der Waals surface area contributed by atoms with Crippen molar-refractivity contribution in [3.63, 3.8) is 0 Å². The van der Waals surface area contributed by atoms with Crippen LogP contribution in [-0.2, 0) is 4.79 Å². The van der Waals surface area contributed by atoms with Gasteiger partial charge >= 0.3 is 0 Å². The smallest absolute Gasteiger partial charge is 0.186 e. The summed E-state index contributed by atoms with van der Waals surface area (Å²) in [6, 6.07) is 0. The molecular formula is C17H28O. The van der Waals surface area contributed by atoms with Crippen LogP contribution in [0.15, 0.2) is 22.3 Å². The summed E-state index contributed by atoms with van der Waals surface area (Å²) in [6.07, 6.45) is 0. The fourth-order valence-corrected chi connectivity index (χ4v) is 3.07. The van der Waals surface area contributed by atoms with E-state index in [4.69, 9.17) is 0 Å². The highest BCUT2D eigenvalue weighted by Crippen LogP contribution is 2.43. The highest BCUT2D eigenvalue weighted by Gasteiger charge is 2.36. The molecule has 0 saturated carbocycles. The van der Waals surface area contributed by atoms with Crippen LogP contribution in [0.5, 0.6) is 0 Å². The average Bonchev–Trinajstić information content (AvgIpc) is 2.51. The molecule has 1 aliphatic rings. The van der Waals surface area contributed by atoms with Gasteiger partial charge in [0.15, 0.2) is 5.78 Å². The van der Waals surface area contributed by atoms with Crippen LogP contribution in [0.2, 0.25) is 0 Å². The van der Waals surface area contributed by atoms with Crippen molar-refractivity contribution in [2.45, 2.75) is 55.4 Å². The SMILES string of the molecule is CC(C)C1=C(C(C)C)C(C(C)C)=C(C(C)C)C1=O. The molecule has 0 spiro atoms. The third kappa shape index (κ3) is 2.46. The van der Waals surface area contributed by atoms with Crippen LogP contribution in [0.4, 0.5) is 0 Å². The molecule has 0 atom stereocenters. The lowest BCUT2D eigenvalue weighted by Gasteiger charge is -2.20. The number of hydrogen-bond acceptors (Lipinski definition) is 1. The van der Waals surface area contributed by atoms with Gasteiger partial charge in [-0.2, -0.15) is 0 Å². The van der Waals surface area contributed by atoms with Gasteiger partial charge in [-0.1, -0.05) is 55.4 Å². The van der Waals surface area contributed by atoms with Crippen LogP contribution in [0.3, 0.4) is 0 Å². The van der Waals surface area contributed by atoms with Crippen molar-refractivity contribution in [1.29, 1.82) is 0 Å². The van der Waals surface area contributed by atoms with Gasteiger partial charge in [0, 0.05) is 11.1 Å². The maximum absolute atomic E-state index is 12.7. The van der Waals surface area contributed by atoms with E-state index in [2.05, 4.69) is 55.4 Å². The van der Waals surface area contributed by atoms with Gasteiger partial charge in [0.25, 0.3) is 0 Å². The topological polar surface area (TPSA) is 17.1 Å². The van der Waals surface area contributed by atoms with E-state index < -0.39 is 0 Å². The minimum absolute atomic E-state index is 0.312. The average molecular weight is 248 g/mol. The van der Waals surface area contributed by atoms with Crippen molar-refractivity contribution in [1.82, 2.24) is 0 Å². The van der Waals surface area contributed by atoms with Crippen LogP contribution in [0.25, 0.3) is 0 Å². The number of allylic oxidation sites excluding steroid dienone is 4. The molecule has 0 unspecified atom stereocenters. The summed E-state index contributed by atoms with van der Waals surface area (Å²) in [5.74, 6) is 1.81. The van der Waals surface area contributed by atoms with E-state index in [0.29, 0.717) is 29.5 Å². The van der Waals surface area contributed by atoms with Gasteiger partial charge in [-0.3, -0.25) is 4.79 Å². The quantitative estimate of drug-likeness (QED) is 0.699. The highest BCUT2D eigenvalue weighted by atomic mass is 16.1. The van der Waals surface area contributed by atoms with Crippen LogP contribution in [-0.4, -0.2) is 5.78 Å². The number of carbonyl (C=O) groups is 1. The Hall–Kier alpha value is -0.850. The first-order valence-electron chi connectivity index (χ1n) is 7.23. The molecule has 0 N–H and O–H groups in total. The Morgan fingerprint density at radius 2 is 0.722 bits per heavy atom. The fourth-order valence-electron chi connectivity index (χ4n) is 3.07. The lowest BCUT2D eigenvalue weighted by molar-refractivity contribution is -0.112. The molecule has 1 rings (SSSR count). The lowest BCUT2D eigenvalue weighted by atomic mass is 9.84. The van der Waals surface area contributed by atoms with Crippen molar-refractivity contribution in [3.8, 4) is 0 Å². The zero-order valence-electron chi connectivity index (χ0n) is 13.2. The molecule has 0 fully saturated rings. The van der Waals surface area contributed by atoms with Crippen LogP contribution in [0.1, 0.15) is 55.4 Å². The summed E-state index contributed by atoms with van der Waals surface area (Å²) < 4.78 is 0. The first-order valence-corrected chi connectivity index (χ1v) is 7.23. The number of Topliss-reactive ketones (excluding diaryl/α,β-unsaturated/α-hetero) is 1. The largest absolute Gasteiger partial charge is 0.289 e. The molecule has 18 heavy (non-hydrogen) atoms. The monoisotopic (exact) mass is 248 g/mol. The Morgan fingerprint density at radius 3 is 0.889 bits per heavy atom. The van der Waals surface area contributed by atoms with Gasteiger partial charge in [-0.15, -0.1) is 0 Å². The maximum Gasteiger partial charge on any atom is 0.186 e. The van der Waals surface area contributed by atoms with E-state index >= 15 is 0 Å². The first kappa shape index (κ1) is 15.2. The number of carbonyl (C=O) groups excluding carboxylic acids is 1. The van der Waals surface area contributed by atoms with Crippen molar-refractivity contribution < 1.29 is 4.79 Å². The van der Waals surface area contributed by atoms with Crippen LogP contribution >= 0.6 is 0 Å². The molecule has 1 nitrogen and oxygen atoms in total. The van der Waals surface area contributed by atoms with Crippen LogP contribution in [0, 0.1) is 23.7 Å².